The Bertz CT molecular complexity index is 2280. The maximum atomic E-state index is 15.1. The van der Waals surface area contributed by atoms with Crippen LogP contribution in [0.4, 0.5) is 34.5 Å². The third-order valence-corrected chi connectivity index (χ3v) is 10.1. The first-order chi connectivity index (χ1) is 27.1. The van der Waals surface area contributed by atoms with Crippen LogP contribution in [-0.4, -0.2) is 117 Å². The number of aliphatic hydroxyl groups is 2. The Labute approximate surface area is 319 Å². The fourth-order valence-corrected chi connectivity index (χ4v) is 7.34. The number of hydrogen-bond donors (Lipinski definition) is 2. The summed E-state index contributed by atoms with van der Waals surface area (Å²) in [5.41, 5.74) is 1.06. The van der Waals surface area contributed by atoms with Gasteiger partial charge in [-0.3, -0.25) is 9.80 Å². The van der Waals surface area contributed by atoms with E-state index in [4.69, 9.17) is 18.9 Å². The fourth-order valence-electron chi connectivity index (χ4n) is 5.50. The van der Waals surface area contributed by atoms with Crippen LogP contribution in [0.5, 0.6) is 12.0 Å². The van der Waals surface area contributed by atoms with E-state index in [2.05, 4.69) is 40.8 Å². The Balaban J connectivity index is 0.828. The number of hydrogen-bond acceptors (Lipinski definition) is 19. The molecule has 21 nitrogen and oxygen atoms in total. The molecule has 0 unspecified atom stereocenters. The predicted octanol–water partition coefficient (Wildman–Crippen LogP) is 2.49. The molecule has 4 aromatic heterocycles. The molecule has 2 atom stereocenters. The first kappa shape index (κ1) is 36.4. The number of nitrogens with zero attached hydrogens (tertiary/aromatic N) is 12. The highest BCUT2D eigenvalue weighted by molar-refractivity contribution is 7.15. The summed E-state index contributed by atoms with van der Waals surface area (Å²) < 4.78 is 50.1. The van der Waals surface area contributed by atoms with Gasteiger partial charge < -0.3 is 29.2 Å². The summed E-state index contributed by atoms with van der Waals surface area (Å²) in [5, 5.41) is 42.3. The van der Waals surface area contributed by atoms with Crippen LogP contribution in [0.15, 0.2) is 48.8 Å². The molecule has 6 aromatic rings. The number of benzene rings is 2. The van der Waals surface area contributed by atoms with Crippen molar-refractivity contribution in [2.24, 2.45) is 0 Å². The number of carbonyl (C=O) groups is 3. The highest BCUT2D eigenvalue weighted by Crippen LogP contribution is 2.34. The van der Waals surface area contributed by atoms with Crippen molar-refractivity contribution in [2.75, 3.05) is 36.1 Å². The lowest BCUT2D eigenvalue weighted by atomic mass is 10.1. The van der Waals surface area contributed by atoms with Gasteiger partial charge in [-0.15, -0.1) is 22.7 Å². The van der Waals surface area contributed by atoms with Gasteiger partial charge in [0.15, 0.2) is 0 Å². The number of thiazole rings is 2. The Morgan fingerprint density at radius 3 is 1.59 bits per heavy atom. The summed E-state index contributed by atoms with van der Waals surface area (Å²) in [7, 11) is 0. The van der Waals surface area contributed by atoms with Gasteiger partial charge in [-0.2, -0.15) is 9.59 Å². The molecule has 2 aliphatic heterocycles. The average Bonchev–Trinajstić information content (AvgIpc) is 4.04. The molecule has 0 aliphatic carbocycles. The quantitative estimate of drug-likeness (QED) is 0.169. The van der Waals surface area contributed by atoms with Gasteiger partial charge >= 0.3 is 30.4 Å². The van der Waals surface area contributed by atoms with Crippen LogP contribution in [0.1, 0.15) is 10.0 Å². The van der Waals surface area contributed by atoms with Gasteiger partial charge in [-0.1, -0.05) is 20.4 Å². The molecule has 2 N–H and O–H groups in total. The Kier molecular flexibility index (Phi) is 9.94. The largest absolute Gasteiger partial charge is 0.524 e. The highest BCUT2D eigenvalue weighted by atomic mass is 32.1. The third kappa shape index (κ3) is 7.67. The Hall–Kier alpha value is -6.57. The standard InChI is InChI=1S/C31H24F2N12O9S2/c32-21-5-15(42-9-17(13-46)51-29(42)48)1-3-19(21)23-7-34-25(55-23)11-44-38-27(36-40-44)53-31(50)54-28-37-41-45(39-28)12-26-35-8-24(56-26)20-4-2-16(6-22(20)33)43-10-18(14-47)52-30(43)49/h1-8,17-18,46-47H,9-14H2/t17-,18-/m1/s1. The number of rotatable bonds is 12. The zero-order valence-corrected chi connectivity index (χ0v) is 29.8. The number of aromatic nitrogens is 10. The van der Waals surface area contributed by atoms with Crippen molar-refractivity contribution in [1.29, 1.82) is 0 Å². The van der Waals surface area contributed by atoms with Crippen LogP contribution in [-0.2, 0) is 22.6 Å². The van der Waals surface area contributed by atoms with Crippen molar-refractivity contribution in [1.82, 2.24) is 50.4 Å². The van der Waals surface area contributed by atoms with Gasteiger partial charge in [0.2, 0.25) is 0 Å². The fraction of sp³-hybridized carbons (Fsp3) is 0.258. The van der Waals surface area contributed by atoms with E-state index in [9.17, 15) is 24.6 Å². The summed E-state index contributed by atoms with van der Waals surface area (Å²) >= 11 is 2.31. The van der Waals surface area contributed by atoms with Crippen LogP contribution in [0.3, 0.4) is 0 Å². The number of halogens is 2. The van der Waals surface area contributed by atoms with Crippen LogP contribution in [0.25, 0.3) is 20.9 Å². The number of carbonyl (C=O) groups excluding carboxylic acids is 3. The molecule has 0 saturated carbocycles. The van der Waals surface area contributed by atoms with Crippen molar-refractivity contribution in [3.8, 4) is 32.9 Å². The average molecular weight is 811 g/mol. The smallest absolute Gasteiger partial charge is 0.441 e. The molecule has 8 rings (SSSR count). The van der Waals surface area contributed by atoms with Crippen LogP contribution in [0.2, 0.25) is 0 Å². The van der Waals surface area contributed by atoms with Crippen LogP contribution >= 0.6 is 22.7 Å². The van der Waals surface area contributed by atoms with Gasteiger partial charge in [-0.05, 0) is 46.8 Å². The molecule has 2 amide bonds. The summed E-state index contributed by atoms with van der Waals surface area (Å²) in [6.45, 7) is -0.473. The molecular formula is C31H24F2N12O9S2. The van der Waals surface area contributed by atoms with Gasteiger partial charge in [0.05, 0.1) is 47.4 Å². The summed E-state index contributed by atoms with van der Waals surface area (Å²) in [6.07, 6.45) is -1.07. The van der Waals surface area contributed by atoms with Crippen molar-refractivity contribution in [3.63, 3.8) is 0 Å². The molecule has 25 heteroatoms. The van der Waals surface area contributed by atoms with Crippen molar-refractivity contribution in [3.05, 3.63) is 70.4 Å². The minimum absolute atomic E-state index is 0.00505. The zero-order chi connectivity index (χ0) is 38.9. The first-order valence-electron chi connectivity index (χ1n) is 16.2. The maximum absolute atomic E-state index is 15.1. The third-order valence-electron chi connectivity index (χ3n) is 8.09. The first-order valence-corrected chi connectivity index (χ1v) is 17.9. The van der Waals surface area contributed by atoms with E-state index in [1.54, 1.807) is 12.1 Å². The summed E-state index contributed by atoms with van der Waals surface area (Å²) in [4.78, 5) is 50.7. The minimum atomic E-state index is -1.28. The number of amides is 2. The molecule has 56 heavy (non-hydrogen) atoms. The second-order valence-corrected chi connectivity index (χ2v) is 14.1. The lowest BCUT2D eigenvalue weighted by Gasteiger charge is -2.13. The second-order valence-electron chi connectivity index (χ2n) is 11.8. The number of cyclic esters (lactones) is 2. The van der Waals surface area contributed by atoms with E-state index in [-0.39, 0.29) is 61.9 Å². The van der Waals surface area contributed by atoms with E-state index in [1.165, 1.54) is 46.5 Å². The number of aliphatic hydroxyl groups excluding tert-OH is 2. The predicted molar refractivity (Wildman–Crippen MR) is 185 cm³/mol. The van der Waals surface area contributed by atoms with Gasteiger partial charge in [0.1, 0.15) is 46.9 Å². The second kappa shape index (κ2) is 15.3. The normalized spacial score (nSPS) is 16.7. The van der Waals surface area contributed by atoms with E-state index in [0.717, 1.165) is 32.3 Å². The van der Waals surface area contributed by atoms with E-state index >= 15 is 8.78 Å². The molecule has 2 aliphatic rings. The lowest BCUT2D eigenvalue weighted by molar-refractivity contribution is 0.0960. The highest BCUT2D eigenvalue weighted by Gasteiger charge is 2.33. The van der Waals surface area contributed by atoms with Crippen molar-refractivity contribution in [2.45, 2.75) is 25.3 Å². The topological polar surface area (TPSA) is 248 Å². The SMILES string of the molecule is O=C(Oc1nnn(Cc2ncc(-c3ccc(N4C[C@H](CO)OC4=O)cc3F)s2)n1)Oc1nnn(Cc2ncc(-c3ccc(N4C[C@H](CO)OC4=O)cc3F)s2)n1. The van der Waals surface area contributed by atoms with E-state index in [0.29, 0.717) is 19.8 Å². The Morgan fingerprint density at radius 1 is 0.750 bits per heavy atom. The van der Waals surface area contributed by atoms with E-state index < -0.39 is 54.2 Å². The van der Waals surface area contributed by atoms with Gasteiger partial charge in [0.25, 0.3) is 0 Å². The van der Waals surface area contributed by atoms with E-state index in [1.807, 2.05) is 0 Å². The van der Waals surface area contributed by atoms with Crippen LogP contribution in [0, 0.1) is 11.6 Å². The molecule has 2 fully saturated rings. The maximum Gasteiger partial charge on any atom is 0.524 e. The number of anilines is 2. The van der Waals surface area contributed by atoms with Crippen LogP contribution < -0.4 is 19.3 Å². The molecule has 0 spiro atoms. The molecular weight excluding hydrogens is 787 g/mol. The monoisotopic (exact) mass is 810 g/mol. The van der Waals surface area contributed by atoms with Gasteiger partial charge in [0, 0.05) is 23.5 Å². The lowest BCUT2D eigenvalue weighted by Crippen LogP contribution is -2.25. The minimum Gasteiger partial charge on any atom is -0.441 e. The molecule has 2 aromatic carbocycles. The molecule has 6 heterocycles. The Morgan fingerprint density at radius 2 is 1.20 bits per heavy atom. The molecule has 0 radical (unpaired) electrons. The summed E-state index contributed by atoms with van der Waals surface area (Å²) in [5.74, 6) is -1.19. The molecule has 288 valence electrons. The van der Waals surface area contributed by atoms with Crippen molar-refractivity contribution < 1.29 is 52.3 Å². The van der Waals surface area contributed by atoms with Gasteiger partial charge in [-0.25, -0.2) is 33.1 Å². The zero-order valence-electron chi connectivity index (χ0n) is 28.2. The summed E-state index contributed by atoms with van der Waals surface area (Å²) in [6, 6.07) is 7.63. The number of tetrazole rings is 2. The molecule has 0 bridgehead atoms. The molecule has 2 saturated heterocycles. The van der Waals surface area contributed by atoms with Crippen molar-refractivity contribution >= 4 is 52.4 Å². The number of ether oxygens (including phenoxy) is 4.